The highest BCUT2D eigenvalue weighted by molar-refractivity contribution is 5.74. The monoisotopic (exact) mass is 268 g/mol. The Hall–Kier alpha value is -1.75. The first kappa shape index (κ1) is 15.3. The van der Waals surface area contributed by atoms with Gasteiger partial charge >= 0.3 is 5.97 Å². The molecule has 1 aromatic rings. The van der Waals surface area contributed by atoms with Crippen molar-refractivity contribution in [2.45, 2.75) is 33.0 Å². The van der Waals surface area contributed by atoms with Crippen molar-refractivity contribution >= 4 is 5.97 Å². The number of benzene rings is 1. The van der Waals surface area contributed by atoms with Gasteiger partial charge in [-0.2, -0.15) is 0 Å². The standard InChI is InChI=1S/C14H20O5/c1-5-18-14(16)10(3)19-12-7-6-11(9(2)15)8-13(12)17-4/h6-10,15H,5H2,1-4H3/t9-,10?/m1/s1. The van der Waals surface area contributed by atoms with Gasteiger partial charge in [0.05, 0.1) is 19.8 Å². The van der Waals surface area contributed by atoms with Gasteiger partial charge < -0.3 is 19.3 Å². The minimum absolute atomic E-state index is 0.310. The minimum Gasteiger partial charge on any atom is -0.493 e. The molecule has 0 heterocycles. The average Bonchev–Trinajstić information content (AvgIpc) is 2.39. The highest BCUT2D eigenvalue weighted by atomic mass is 16.6. The van der Waals surface area contributed by atoms with Crippen LogP contribution in [0.2, 0.25) is 0 Å². The number of methoxy groups -OCH3 is 1. The molecule has 0 aliphatic carbocycles. The normalized spacial score (nSPS) is 13.5. The summed E-state index contributed by atoms with van der Waals surface area (Å²) in [6.45, 7) is 5.32. The lowest BCUT2D eigenvalue weighted by molar-refractivity contribution is -0.150. The van der Waals surface area contributed by atoms with Crippen molar-refractivity contribution in [1.82, 2.24) is 0 Å². The zero-order chi connectivity index (χ0) is 14.4. The minimum atomic E-state index is -0.716. The van der Waals surface area contributed by atoms with Crippen LogP contribution in [0.5, 0.6) is 11.5 Å². The summed E-state index contributed by atoms with van der Waals surface area (Å²) in [6.07, 6.45) is -1.31. The first-order chi connectivity index (χ1) is 8.99. The maximum absolute atomic E-state index is 11.5. The lowest BCUT2D eigenvalue weighted by atomic mass is 10.1. The van der Waals surface area contributed by atoms with E-state index in [0.29, 0.717) is 23.7 Å². The van der Waals surface area contributed by atoms with Crippen LogP contribution in [0, 0.1) is 0 Å². The van der Waals surface area contributed by atoms with E-state index in [2.05, 4.69) is 0 Å². The van der Waals surface area contributed by atoms with Gasteiger partial charge in [0.1, 0.15) is 0 Å². The number of carbonyl (C=O) groups excluding carboxylic acids is 1. The SMILES string of the molecule is CCOC(=O)C(C)Oc1ccc([C@@H](C)O)cc1OC. The van der Waals surface area contributed by atoms with Crippen molar-refractivity contribution in [3.63, 3.8) is 0 Å². The van der Waals surface area contributed by atoms with Crippen molar-refractivity contribution in [1.29, 1.82) is 0 Å². The molecular formula is C14H20O5. The number of hydrogen-bond donors (Lipinski definition) is 1. The Labute approximate surface area is 113 Å². The largest absolute Gasteiger partial charge is 0.493 e. The highest BCUT2D eigenvalue weighted by Crippen LogP contribution is 2.31. The van der Waals surface area contributed by atoms with Crippen LogP contribution in [-0.2, 0) is 9.53 Å². The highest BCUT2D eigenvalue weighted by Gasteiger charge is 2.18. The molecule has 5 nitrogen and oxygen atoms in total. The molecule has 0 bridgehead atoms. The van der Waals surface area contributed by atoms with Gasteiger partial charge in [-0.15, -0.1) is 0 Å². The van der Waals surface area contributed by atoms with Gasteiger partial charge in [0.25, 0.3) is 0 Å². The van der Waals surface area contributed by atoms with E-state index in [1.165, 1.54) is 7.11 Å². The van der Waals surface area contributed by atoms with Gasteiger partial charge in [0.15, 0.2) is 17.6 Å². The van der Waals surface area contributed by atoms with Gasteiger partial charge in [-0.05, 0) is 38.5 Å². The van der Waals surface area contributed by atoms with Crippen molar-refractivity contribution in [3.05, 3.63) is 23.8 Å². The Morgan fingerprint density at radius 3 is 2.53 bits per heavy atom. The molecule has 0 saturated carbocycles. The lowest BCUT2D eigenvalue weighted by Gasteiger charge is -2.17. The fourth-order valence-corrected chi connectivity index (χ4v) is 1.54. The van der Waals surface area contributed by atoms with E-state index in [0.717, 1.165) is 0 Å². The van der Waals surface area contributed by atoms with E-state index >= 15 is 0 Å². The summed E-state index contributed by atoms with van der Waals surface area (Å²) in [5, 5.41) is 9.50. The first-order valence-corrected chi connectivity index (χ1v) is 6.18. The molecule has 0 aromatic heterocycles. The van der Waals surface area contributed by atoms with Crippen LogP contribution in [0.15, 0.2) is 18.2 Å². The number of hydrogen-bond acceptors (Lipinski definition) is 5. The smallest absolute Gasteiger partial charge is 0.347 e. The molecular weight excluding hydrogens is 248 g/mol. The zero-order valence-corrected chi connectivity index (χ0v) is 11.7. The molecule has 0 spiro atoms. The van der Waals surface area contributed by atoms with Crippen LogP contribution in [0.1, 0.15) is 32.4 Å². The van der Waals surface area contributed by atoms with Crippen molar-refractivity contribution in [2.75, 3.05) is 13.7 Å². The van der Waals surface area contributed by atoms with E-state index in [9.17, 15) is 9.90 Å². The number of carbonyl (C=O) groups is 1. The Balaban J connectivity index is 2.86. The molecule has 0 amide bonds. The lowest BCUT2D eigenvalue weighted by Crippen LogP contribution is -2.26. The summed E-state index contributed by atoms with van der Waals surface area (Å²) >= 11 is 0. The van der Waals surface area contributed by atoms with Crippen LogP contribution in [-0.4, -0.2) is 30.9 Å². The number of ether oxygens (including phenoxy) is 3. The van der Waals surface area contributed by atoms with Crippen LogP contribution in [0.25, 0.3) is 0 Å². The zero-order valence-electron chi connectivity index (χ0n) is 11.7. The molecule has 0 saturated heterocycles. The molecule has 1 unspecified atom stereocenters. The number of esters is 1. The predicted molar refractivity (Wildman–Crippen MR) is 70.4 cm³/mol. The second-order valence-electron chi connectivity index (χ2n) is 4.10. The van der Waals surface area contributed by atoms with E-state index < -0.39 is 18.2 Å². The van der Waals surface area contributed by atoms with Crippen molar-refractivity contribution in [2.24, 2.45) is 0 Å². The third-order valence-electron chi connectivity index (χ3n) is 2.59. The van der Waals surface area contributed by atoms with Gasteiger partial charge in [-0.25, -0.2) is 4.79 Å². The van der Waals surface area contributed by atoms with Crippen LogP contribution in [0.4, 0.5) is 0 Å². The molecule has 19 heavy (non-hydrogen) atoms. The summed E-state index contributed by atoms with van der Waals surface area (Å²) in [4.78, 5) is 11.5. The summed E-state index contributed by atoms with van der Waals surface area (Å²) < 4.78 is 15.6. The topological polar surface area (TPSA) is 65.0 Å². The number of aliphatic hydroxyl groups excluding tert-OH is 1. The second kappa shape index (κ2) is 6.99. The summed E-state index contributed by atoms with van der Waals surface area (Å²) in [7, 11) is 1.50. The maximum atomic E-state index is 11.5. The predicted octanol–water partition coefficient (Wildman–Crippen LogP) is 2.08. The van der Waals surface area contributed by atoms with Gasteiger partial charge in [0, 0.05) is 0 Å². The Morgan fingerprint density at radius 2 is 2.00 bits per heavy atom. The van der Waals surface area contributed by atoms with Gasteiger partial charge in [-0.1, -0.05) is 6.07 Å². The van der Waals surface area contributed by atoms with Crippen molar-refractivity contribution in [3.8, 4) is 11.5 Å². The van der Waals surface area contributed by atoms with Crippen LogP contribution >= 0.6 is 0 Å². The van der Waals surface area contributed by atoms with Crippen LogP contribution < -0.4 is 9.47 Å². The summed E-state index contributed by atoms with van der Waals surface area (Å²) in [5.74, 6) is 0.478. The summed E-state index contributed by atoms with van der Waals surface area (Å²) in [6, 6.07) is 5.06. The summed E-state index contributed by atoms with van der Waals surface area (Å²) in [5.41, 5.74) is 0.716. The average molecular weight is 268 g/mol. The van der Waals surface area contributed by atoms with Crippen LogP contribution in [0.3, 0.4) is 0 Å². The fourth-order valence-electron chi connectivity index (χ4n) is 1.54. The maximum Gasteiger partial charge on any atom is 0.347 e. The second-order valence-corrected chi connectivity index (χ2v) is 4.10. The molecule has 0 fully saturated rings. The quantitative estimate of drug-likeness (QED) is 0.800. The Bertz CT molecular complexity index is 428. The first-order valence-electron chi connectivity index (χ1n) is 6.18. The molecule has 5 heteroatoms. The Kier molecular flexibility index (Phi) is 5.63. The van der Waals surface area contributed by atoms with Gasteiger partial charge in [0.2, 0.25) is 0 Å². The fraction of sp³-hybridized carbons (Fsp3) is 0.500. The molecule has 2 atom stereocenters. The van der Waals surface area contributed by atoms with E-state index in [1.807, 2.05) is 0 Å². The Morgan fingerprint density at radius 1 is 1.32 bits per heavy atom. The number of aliphatic hydroxyl groups is 1. The molecule has 1 N–H and O–H groups in total. The molecule has 1 rings (SSSR count). The third-order valence-corrected chi connectivity index (χ3v) is 2.59. The van der Waals surface area contributed by atoms with E-state index in [4.69, 9.17) is 14.2 Å². The molecule has 106 valence electrons. The van der Waals surface area contributed by atoms with Crippen molar-refractivity contribution < 1.29 is 24.1 Å². The van der Waals surface area contributed by atoms with Gasteiger partial charge in [-0.3, -0.25) is 0 Å². The number of rotatable bonds is 6. The molecule has 0 aliphatic heterocycles. The molecule has 0 radical (unpaired) electrons. The molecule has 1 aromatic carbocycles. The van der Waals surface area contributed by atoms with E-state index in [-0.39, 0.29) is 0 Å². The molecule has 0 aliphatic rings. The van der Waals surface area contributed by atoms with E-state index in [1.54, 1.807) is 39.0 Å². The third kappa shape index (κ3) is 4.13.